The van der Waals surface area contributed by atoms with Crippen molar-refractivity contribution in [3.8, 4) is 11.3 Å². The van der Waals surface area contributed by atoms with Crippen LogP contribution in [0, 0.1) is 5.82 Å². The third-order valence-electron chi connectivity index (χ3n) is 4.70. The van der Waals surface area contributed by atoms with Crippen molar-refractivity contribution in [3.63, 3.8) is 0 Å². The number of hydrogen-bond acceptors (Lipinski definition) is 6. The molecule has 0 radical (unpaired) electrons. The highest BCUT2D eigenvalue weighted by atomic mass is 32.2. The second-order valence-corrected chi connectivity index (χ2v) is 9.24. The molecule has 0 aliphatic heterocycles. The molecule has 10 heteroatoms. The molecular formula is C20H20FN5O2S2. The predicted molar refractivity (Wildman–Crippen MR) is 116 cm³/mol. The lowest BCUT2D eigenvalue weighted by Crippen LogP contribution is -2.21. The number of amides is 1. The summed E-state index contributed by atoms with van der Waals surface area (Å²) in [5.74, 6) is -1.43. The summed E-state index contributed by atoms with van der Waals surface area (Å²) in [6.07, 6.45) is 7.04. The van der Waals surface area contributed by atoms with E-state index >= 15 is 0 Å². The molecular weight excluding hydrogens is 425 g/mol. The standard InChI is InChI=1S/C20H20FN5O2S2/c1-2-14(18-11-29-20(25-18)26-30(28)13-4-5-13)19(27)24-16-6-3-12(9-15(16)21)17-10-22-7-8-23-17/h3,6-11,13-14H,2,4-5H2,1H3,(H,24,27)(H,25,26). The fraction of sp³-hybridized carbons (Fsp3) is 0.300. The zero-order chi connectivity index (χ0) is 21.1. The van der Waals surface area contributed by atoms with Crippen molar-refractivity contribution in [2.45, 2.75) is 37.4 Å². The molecule has 3 aromatic rings. The molecule has 2 aromatic heterocycles. The van der Waals surface area contributed by atoms with Gasteiger partial charge in [0, 0.05) is 23.3 Å². The Labute approximate surface area is 179 Å². The minimum atomic E-state index is -1.14. The lowest BCUT2D eigenvalue weighted by atomic mass is 10.0. The fourth-order valence-corrected chi connectivity index (χ4v) is 4.91. The van der Waals surface area contributed by atoms with Gasteiger partial charge in [0.1, 0.15) is 16.8 Å². The van der Waals surface area contributed by atoms with Gasteiger partial charge in [0.05, 0.1) is 34.4 Å². The van der Waals surface area contributed by atoms with Gasteiger partial charge in [0.15, 0.2) is 5.13 Å². The number of aromatic nitrogens is 3. The summed E-state index contributed by atoms with van der Waals surface area (Å²) in [6.45, 7) is 1.87. The molecule has 0 bridgehead atoms. The Morgan fingerprint density at radius 1 is 1.37 bits per heavy atom. The molecule has 2 N–H and O–H groups in total. The van der Waals surface area contributed by atoms with Crippen molar-refractivity contribution in [3.05, 3.63) is 53.7 Å². The third-order valence-corrected chi connectivity index (χ3v) is 7.08. The zero-order valence-electron chi connectivity index (χ0n) is 16.2. The molecule has 4 rings (SSSR count). The van der Waals surface area contributed by atoms with Crippen molar-refractivity contribution in [2.24, 2.45) is 0 Å². The van der Waals surface area contributed by atoms with Gasteiger partial charge in [-0.3, -0.25) is 19.5 Å². The Balaban J connectivity index is 1.45. The summed E-state index contributed by atoms with van der Waals surface area (Å²) in [4.78, 5) is 25.3. The Bertz CT molecular complexity index is 1070. The van der Waals surface area contributed by atoms with Crippen LogP contribution in [0.2, 0.25) is 0 Å². The van der Waals surface area contributed by atoms with Gasteiger partial charge in [0.25, 0.3) is 0 Å². The van der Waals surface area contributed by atoms with Crippen molar-refractivity contribution in [1.29, 1.82) is 0 Å². The second kappa shape index (κ2) is 8.97. The van der Waals surface area contributed by atoms with E-state index in [1.54, 1.807) is 23.8 Å². The molecule has 1 fully saturated rings. The molecule has 0 spiro atoms. The normalized spacial score (nSPS) is 15.4. The lowest BCUT2D eigenvalue weighted by molar-refractivity contribution is -0.117. The first kappa shape index (κ1) is 20.5. The Hall–Kier alpha value is -2.72. The van der Waals surface area contributed by atoms with Gasteiger partial charge < -0.3 is 5.32 Å². The van der Waals surface area contributed by atoms with Crippen molar-refractivity contribution < 1.29 is 13.4 Å². The second-order valence-electron chi connectivity index (χ2n) is 6.91. The summed E-state index contributed by atoms with van der Waals surface area (Å²) < 4.78 is 29.5. The summed E-state index contributed by atoms with van der Waals surface area (Å²) >= 11 is 1.31. The van der Waals surface area contributed by atoms with Crippen LogP contribution >= 0.6 is 11.3 Å². The van der Waals surface area contributed by atoms with Crippen LogP contribution in [0.3, 0.4) is 0 Å². The molecule has 7 nitrogen and oxygen atoms in total. The van der Waals surface area contributed by atoms with E-state index in [9.17, 15) is 13.4 Å². The Kier molecular flexibility index (Phi) is 6.14. The molecule has 0 saturated heterocycles. The Morgan fingerprint density at radius 2 is 2.20 bits per heavy atom. The molecule has 1 aliphatic rings. The smallest absolute Gasteiger partial charge is 0.233 e. The first-order chi connectivity index (χ1) is 14.5. The summed E-state index contributed by atoms with van der Waals surface area (Å²) in [5, 5.41) is 5.14. The largest absolute Gasteiger partial charge is 0.323 e. The maximum atomic E-state index is 14.6. The highest BCUT2D eigenvalue weighted by molar-refractivity contribution is 7.87. The summed E-state index contributed by atoms with van der Waals surface area (Å²) in [6, 6.07) is 4.51. The predicted octanol–water partition coefficient (Wildman–Crippen LogP) is 4.11. The van der Waals surface area contributed by atoms with Crippen LogP contribution < -0.4 is 10.0 Å². The number of carbonyl (C=O) groups is 1. The molecule has 156 valence electrons. The van der Waals surface area contributed by atoms with E-state index in [4.69, 9.17) is 0 Å². The van der Waals surface area contributed by atoms with Crippen molar-refractivity contribution >= 4 is 39.0 Å². The average molecular weight is 446 g/mol. The molecule has 2 atom stereocenters. The Morgan fingerprint density at radius 3 is 2.87 bits per heavy atom. The summed E-state index contributed by atoms with van der Waals surface area (Å²) in [7, 11) is -1.14. The van der Waals surface area contributed by atoms with E-state index in [1.807, 2.05) is 6.92 Å². The first-order valence-corrected chi connectivity index (χ1v) is 11.6. The third kappa shape index (κ3) is 4.71. The van der Waals surface area contributed by atoms with E-state index in [0.717, 1.165) is 12.8 Å². The molecule has 2 unspecified atom stereocenters. The number of nitrogens with one attached hydrogen (secondary N) is 2. The topological polar surface area (TPSA) is 96.9 Å². The van der Waals surface area contributed by atoms with Gasteiger partial charge in [-0.25, -0.2) is 13.6 Å². The lowest BCUT2D eigenvalue weighted by Gasteiger charge is -2.14. The molecule has 30 heavy (non-hydrogen) atoms. The van der Waals surface area contributed by atoms with Crippen LogP contribution in [0.15, 0.2) is 42.2 Å². The van der Waals surface area contributed by atoms with Gasteiger partial charge >= 0.3 is 0 Å². The number of thiazole rings is 1. The van der Waals surface area contributed by atoms with Crippen LogP contribution in [0.25, 0.3) is 11.3 Å². The number of anilines is 2. The molecule has 1 aromatic carbocycles. The molecule has 2 heterocycles. The maximum Gasteiger partial charge on any atom is 0.233 e. The SMILES string of the molecule is CCC(C(=O)Nc1ccc(-c2cnccn2)cc1F)c1csc(NS(=O)C2CC2)n1. The quantitative estimate of drug-likeness (QED) is 0.544. The van der Waals surface area contributed by atoms with Crippen LogP contribution in [-0.2, 0) is 15.8 Å². The van der Waals surface area contributed by atoms with Gasteiger partial charge in [-0.15, -0.1) is 11.3 Å². The van der Waals surface area contributed by atoms with Crippen LogP contribution in [0.1, 0.15) is 37.8 Å². The van der Waals surface area contributed by atoms with Gasteiger partial charge in [0.2, 0.25) is 5.91 Å². The van der Waals surface area contributed by atoms with Gasteiger partial charge in [-0.05, 0) is 31.4 Å². The van der Waals surface area contributed by atoms with E-state index in [1.165, 1.54) is 29.7 Å². The number of rotatable bonds is 8. The van der Waals surface area contributed by atoms with Crippen LogP contribution in [0.5, 0.6) is 0 Å². The number of benzene rings is 1. The number of halogens is 1. The van der Waals surface area contributed by atoms with Gasteiger partial charge in [-0.2, -0.15) is 0 Å². The fourth-order valence-electron chi connectivity index (χ4n) is 2.92. The number of nitrogens with zero attached hydrogens (tertiary/aromatic N) is 3. The minimum absolute atomic E-state index is 0.0921. The number of carbonyl (C=O) groups excluding carboxylic acids is 1. The maximum absolute atomic E-state index is 14.6. The summed E-state index contributed by atoms with van der Waals surface area (Å²) in [5.41, 5.74) is 1.79. The monoisotopic (exact) mass is 445 g/mol. The highest BCUT2D eigenvalue weighted by Crippen LogP contribution is 2.30. The van der Waals surface area contributed by atoms with Crippen LogP contribution in [-0.4, -0.2) is 30.3 Å². The molecule has 1 saturated carbocycles. The van der Waals surface area contributed by atoms with E-state index in [-0.39, 0.29) is 16.8 Å². The first-order valence-electron chi connectivity index (χ1n) is 9.54. The van der Waals surface area contributed by atoms with Gasteiger partial charge in [-0.1, -0.05) is 13.0 Å². The number of hydrogen-bond donors (Lipinski definition) is 2. The van der Waals surface area contributed by atoms with Crippen molar-refractivity contribution in [2.75, 3.05) is 10.0 Å². The van der Waals surface area contributed by atoms with E-state index in [0.29, 0.717) is 28.5 Å². The van der Waals surface area contributed by atoms with Crippen LogP contribution in [0.4, 0.5) is 15.2 Å². The van der Waals surface area contributed by atoms with Crippen molar-refractivity contribution in [1.82, 2.24) is 15.0 Å². The average Bonchev–Trinajstić information content (AvgIpc) is 3.51. The minimum Gasteiger partial charge on any atom is -0.323 e. The zero-order valence-corrected chi connectivity index (χ0v) is 17.8. The highest BCUT2D eigenvalue weighted by Gasteiger charge is 2.29. The molecule has 1 aliphatic carbocycles. The van der Waals surface area contributed by atoms with E-state index < -0.39 is 22.7 Å². The molecule has 1 amide bonds. The van der Waals surface area contributed by atoms with E-state index in [2.05, 4.69) is 25.0 Å².